The Morgan fingerprint density at radius 3 is 2.66 bits per heavy atom. The molecule has 1 aliphatic rings. The average Bonchev–Trinajstić information content (AvgIpc) is 2.97. The zero-order valence-electron chi connectivity index (χ0n) is 22.4. The summed E-state index contributed by atoms with van der Waals surface area (Å²) in [6.07, 6.45) is 3.76. The lowest BCUT2D eigenvalue weighted by atomic mass is 9.97. The first-order valence-electron chi connectivity index (χ1n) is 13.4. The molecule has 5 aromatic rings. The molecule has 11 heteroatoms. The number of nitrogens with zero attached hydrogens (tertiary/aromatic N) is 3. The van der Waals surface area contributed by atoms with Crippen LogP contribution in [0.5, 0.6) is 0 Å². The lowest BCUT2D eigenvalue weighted by molar-refractivity contribution is 0.478. The molecule has 1 aliphatic heterocycles. The molecule has 41 heavy (non-hydrogen) atoms. The summed E-state index contributed by atoms with van der Waals surface area (Å²) in [6, 6.07) is 18.5. The highest BCUT2D eigenvalue weighted by molar-refractivity contribution is 7.91. The lowest BCUT2D eigenvalue weighted by Crippen LogP contribution is -2.38. The molecule has 0 saturated carbocycles. The fourth-order valence-electron chi connectivity index (χ4n) is 5.32. The van der Waals surface area contributed by atoms with Gasteiger partial charge in [0.15, 0.2) is 0 Å². The molecule has 2 aromatic heterocycles. The topological polar surface area (TPSA) is 118 Å². The van der Waals surface area contributed by atoms with Crippen molar-refractivity contribution in [3.8, 4) is 11.1 Å². The van der Waals surface area contributed by atoms with Crippen LogP contribution < -0.4 is 20.9 Å². The van der Waals surface area contributed by atoms with Gasteiger partial charge in [0.1, 0.15) is 11.5 Å². The van der Waals surface area contributed by atoms with Crippen molar-refractivity contribution >= 4 is 43.5 Å². The van der Waals surface area contributed by atoms with Crippen LogP contribution in [0.3, 0.4) is 0 Å². The third-order valence-electron chi connectivity index (χ3n) is 7.34. The Balaban J connectivity index is 1.39. The number of sulfonamides is 1. The highest BCUT2D eigenvalue weighted by atomic mass is 32.2. The van der Waals surface area contributed by atoms with Crippen molar-refractivity contribution in [1.82, 2.24) is 19.9 Å². The first kappa shape index (κ1) is 26.9. The number of benzene rings is 3. The van der Waals surface area contributed by atoms with Gasteiger partial charge in [-0.1, -0.05) is 54.6 Å². The minimum atomic E-state index is -3.92. The second-order valence-electron chi connectivity index (χ2n) is 10.3. The Kier molecular flexibility index (Phi) is 7.14. The summed E-state index contributed by atoms with van der Waals surface area (Å²) in [5.41, 5.74) is 1.54. The van der Waals surface area contributed by atoms with E-state index in [2.05, 4.69) is 25.3 Å². The van der Waals surface area contributed by atoms with Gasteiger partial charge >= 0.3 is 0 Å². The van der Waals surface area contributed by atoms with E-state index in [0.717, 1.165) is 25.9 Å². The monoisotopic (exact) mass is 572 g/mol. The van der Waals surface area contributed by atoms with Crippen LogP contribution in [0.25, 0.3) is 32.9 Å². The van der Waals surface area contributed by atoms with E-state index in [1.54, 1.807) is 73.9 Å². The maximum Gasteiger partial charge on any atom is 0.259 e. The number of hydrogen-bond acceptors (Lipinski definition) is 7. The summed E-state index contributed by atoms with van der Waals surface area (Å²) in [7, 11) is -2.27. The van der Waals surface area contributed by atoms with Crippen molar-refractivity contribution in [3.63, 3.8) is 0 Å². The van der Waals surface area contributed by atoms with Gasteiger partial charge in [0.2, 0.25) is 16.0 Å². The molecule has 1 atom stereocenters. The van der Waals surface area contributed by atoms with Crippen LogP contribution in [-0.2, 0) is 22.8 Å². The molecule has 0 amide bonds. The molecule has 3 aromatic carbocycles. The van der Waals surface area contributed by atoms with Crippen molar-refractivity contribution in [1.29, 1.82) is 0 Å². The first-order chi connectivity index (χ1) is 19.8. The van der Waals surface area contributed by atoms with Crippen LogP contribution in [0, 0.1) is 5.82 Å². The maximum atomic E-state index is 15.1. The van der Waals surface area contributed by atoms with Gasteiger partial charge in [0.05, 0.1) is 11.4 Å². The van der Waals surface area contributed by atoms with Crippen LogP contribution in [0.2, 0.25) is 0 Å². The van der Waals surface area contributed by atoms with E-state index >= 15 is 4.39 Å². The van der Waals surface area contributed by atoms with Gasteiger partial charge in [-0.2, -0.15) is 4.98 Å². The third kappa shape index (κ3) is 5.50. The molecule has 3 heterocycles. The fourth-order valence-corrected chi connectivity index (χ4v) is 6.54. The van der Waals surface area contributed by atoms with Crippen LogP contribution in [0.1, 0.15) is 18.4 Å². The molecule has 6 rings (SSSR count). The quantitative estimate of drug-likeness (QED) is 0.265. The zero-order chi connectivity index (χ0) is 28.6. The van der Waals surface area contributed by atoms with Gasteiger partial charge in [0.25, 0.3) is 5.56 Å². The second-order valence-corrected chi connectivity index (χ2v) is 12.0. The molecule has 0 radical (unpaired) electrons. The van der Waals surface area contributed by atoms with Crippen molar-refractivity contribution in [2.75, 3.05) is 23.1 Å². The largest absolute Gasteiger partial charge is 0.350 e. The van der Waals surface area contributed by atoms with Crippen LogP contribution in [-0.4, -0.2) is 42.1 Å². The van der Waals surface area contributed by atoms with Gasteiger partial charge in [-0.3, -0.25) is 14.1 Å². The number of nitrogens with one attached hydrogen (secondary N) is 3. The van der Waals surface area contributed by atoms with E-state index in [1.807, 2.05) is 0 Å². The SMILES string of the molecule is Cn1c(=O)c(-c2cccc3c(NS(=O)(=O)Cc4ccccc4)c(F)ccc23)cc2cnc(NC3CCCNC3)nc21. The number of fused-ring (bicyclic) bond motifs is 2. The summed E-state index contributed by atoms with van der Waals surface area (Å²) in [6.45, 7) is 1.82. The fraction of sp³-hybridized carbons (Fsp3) is 0.233. The van der Waals surface area contributed by atoms with Gasteiger partial charge in [-0.15, -0.1) is 0 Å². The smallest absolute Gasteiger partial charge is 0.259 e. The number of piperidine rings is 1. The van der Waals surface area contributed by atoms with Crippen molar-refractivity contribution in [2.45, 2.75) is 24.6 Å². The standard InChI is InChI=1S/C30H29FN6O3S/c1-37-28-20(16-33-30(35-28)34-21-9-6-14-32-17-21)15-25(29(37)38)22-10-5-11-24-23(22)12-13-26(31)27(24)36-41(39,40)18-19-7-3-2-4-8-19/h2-5,7-8,10-13,15-16,21,32,36H,6,9,14,17-18H2,1H3,(H,33,34,35). The highest BCUT2D eigenvalue weighted by Gasteiger charge is 2.20. The summed E-state index contributed by atoms with van der Waals surface area (Å²) < 4.78 is 44.9. The van der Waals surface area contributed by atoms with E-state index in [1.165, 1.54) is 10.6 Å². The minimum absolute atomic E-state index is 0.158. The van der Waals surface area contributed by atoms with E-state index in [4.69, 9.17) is 0 Å². The van der Waals surface area contributed by atoms with E-state index in [0.29, 0.717) is 44.4 Å². The van der Waals surface area contributed by atoms with Crippen molar-refractivity contribution in [3.05, 3.63) is 94.7 Å². The van der Waals surface area contributed by atoms with Gasteiger partial charge in [-0.25, -0.2) is 17.8 Å². The molecule has 0 spiro atoms. The first-order valence-corrected chi connectivity index (χ1v) is 15.0. The molecule has 0 aliphatic carbocycles. The Hall–Kier alpha value is -4.35. The number of anilines is 2. The molecule has 1 fully saturated rings. The summed E-state index contributed by atoms with van der Waals surface area (Å²) in [5.74, 6) is -0.552. The summed E-state index contributed by atoms with van der Waals surface area (Å²) >= 11 is 0. The predicted molar refractivity (Wildman–Crippen MR) is 160 cm³/mol. The second kappa shape index (κ2) is 10.9. The Labute approximate surface area is 236 Å². The molecule has 1 unspecified atom stereocenters. The maximum absolute atomic E-state index is 15.1. The van der Waals surface area contributed by atoms with Gasteiger partial charge in [-0.05, 0) is 48.0 Å². The number of aromatic nitrogens is 3. The Morgan fingerprint density at radius 1 is 1.05 bits per heavy atom. The van der Waals surface area contributed by atoms with E-state index < -0.39 is 15.8 Å². The van der Waals surface area contributed by atoms with Crippen molar-refractivity contribution < 1.29 is 12.8 Å². The average molecular weight is 573 g/mol. The van der Waals surface area contributed by atoms with Crippen LogP contribution >= 0.6 is 0 Å². The zero-order valence-corrected chi connectivity index (χ0v) is 23.2. The molecule has 9 nitrogen and oxygen atoms in total. The van der Waals surface area contributed by atoms with Crippen LogP contribution in [0.15, 0.2) is 77.7 Å². The molecular weight excluding hydrogens is 543 g/mol. The predicted octanol–water partition coefficient (Wildman–Crippen LogP) is 4.39. The molecule has 0 bridgehead atoms. The number of aryl methyl sites for hydroxylation is 1. The Bertz CT molecular complexity index is 1920. The minimum Gasteiger partial charge on any atom is -0.350 e. The highest BCUT2D eigenvalue weighted by Crippen LogP contribution is 2.34. The number of halogens is 1. The molecule has 1 saturated heterocycles. The number of hydrogen-bond donors (Lipinski definition) is 3. The normalized spacial score (nSPS) is 15.7. The number of pyridine rings is 1. The third-order valence-corrected chi connectivity index (χ3v) is 8.56. The summed E-state index contributed by atoms with van der Waals surface area (Å²) in [4.78, 5) is 22.7. The molecule has 210 valence electrons. The van der Waals surface area contributed by atoms with Gasteiger partial charge < -0.3 is 10.6 Å². The lowest BCUT2D eigenvalue weighted by Gasteiger charge is -2.23. The van der Waals surface area contributed by atoms with Crippen LogP contribution in [0.4, 0.5) is 16.0 Å². The Morgan fingerprint density at radius 2 is 1.88 bits per heavy atom. The summed E-state index contributed by atoms with van der Waals surface area (Å²) in [5, 5.41) is 8.24. The molecular formula is C30H29FN6O3S. The number of rotatable bonds is 7. The van der Waals surface area contributed by atoms with Crippen molar-refractivity contribution in [2.24, 2.45) is 7.05 Å². The van der Waals surface area contributed by atoms with E-state index in [9.17, 15) is 13.2 Å². The van der Waals surface area contributed by atoms with E-state index in [-0.39, 0.29) is 23.0 Å². The van der Waals surface area contributed by atoms with Gasteiger partial charge in [0, 0.05) is 42.2 Å². The molecule has 3 N–H and O–H groups in total.